The van der Waals surface area contributed by atoms with Gasteiger partial charge in [0.05, 0.1) is 26.0 Å². The quantitative estimate of drug-likeness (QED) is 0.848. The van der Waals surface area contributed by atoms with Crippen molar-refractivity contribution < 1.29 is 9.47 Å². The highest BCUT2D eigenvalue weighted by atomic mass is 16.5. The van der Waals surface area contributed by atoms with Crippen LogP contribution < -0.4 is 14.8 Å². The molecule has 0 aliphatic rings. The highest BCUT2D eigenvalue weighted by Gasteiger charge is 2.19. The fourth-order valence-electron chi connectivity index (χ4n) is 2.16. The zero-order chi connectivity index (χ0) is 15.1. The van der Waals surface area contributed by atoms with Gasteiger partial charge < -0.3 is 14.8 Å². The van der Waals surface area contributed by atoms with Gasteiger partial charge in [-0.25, -0.2) is 0 Å². The van der Waals surface area contributed by atoms with Crippen LogP contribution in [0.4, 0.5) is 0 Å². The van der Waals surface area contributed by atoms with E-state index in [2.05, 4.69) is 22.4 Å². The Kier molecular flexibility index (Phi) is 5.51. The molecule has 0 fully saturated rings. The van der Waals surface area contributed by atoms with E-state index in [4.69, 9.17) is 9.47 Å². The summed E-state index contributed by atoms with van der Waals surface area (Å²) in [6, 6.07) is 11.6. The standard InChI is InChI=1S/C16H21N3O2/c1-4-11-17-16(12-7-5-6-8-14(12)20-2)13-9-10-15(21-3)19-18-13/h5-10,16-17H,4,11H2,1-3H3. The third-order valence-corrected chi connectivity index (χ3v) is 3.21. The van der Waals surface area contributed by atoms with Crippen LogP contribution in [0.1, 0.15) is 30.6 Å². The lowest BCUT2D eigenvalue weighted by Crippen LogP contribution is -2.24. The van der Waals surface area contributed by atoms with Gasteiger partial charge in [0.1, 0.15) is 5.75 Å². The number of nitrogens with zero attached hydrogens (tertiary/aromatic N) is 2. The second-order valence-corrected chi connectivity index (χ2v) is 4.63. The smallest absolute Gasteiger partial charge is 0.233 e. The third kappa shape index (κ3) is 3.70. The molecule has 112 valence electrons. The summed E-state index contributed by atoms with van der Waals surface area (Å²) in [6.45, 7) is 3.02. The molecule has 0 saturated carbocycles. The molecule has 0 saturated heterocycles. The molecule has 0 aliphatic heterocycles. The molecule has 0 amide bonds. The highest BCUT2D eigenvalue weighted by molar-refractivity contribution is 5.40. The molecule has 5 nitrogen and oxygen atoms in total. The average molecular weight is 287 g/mol. The minimum atomic E-state index is -0.0560. The number of hydrogen-bond acceptors (Lipinski definition) is 5. The molecule has 1 unspecified atom stereocenters. The van der Waals surface area contributed by atoms with Crippen LogP contribution in [-0.2, 0) is 0 Å². The van der Waals surface area contributed by atoms with E-state index in [0.29, 0.717) is 5.88 Å². The molecule has 1 aromatic heterocycles. The Bertz CT molecular complexity index is 558. The molecule has 0 bridgehead atoms. The van der Waals surface area contributed by atoms with Gasteiger partial charge >= 0.3 is 0 Å². The van der Waals surface area contributed by atoms with E-state index in [0.717, 1.165) is 30.0 Å². The van der Waals surface area contributed by atoms with Crippen LogP contribution in [0, 0.1) is 0 Å². The maximum atomic E-state index is 5.46. The number of nitrogens with one attached hydrogen (secondary N) is 1. The monoisotopic (exact) mass is 287 g/mol. The van der Waals surface area contributed by atoms with Crippen LogP contribution in [0.15, 0.2) is 36.4 Å². The molecule has 0 radical (unpaired) electrons. The molecule has 1 aromatic carbocycles. The minimum absolute atomic E-state index is 0.0560. The molecule has 21 heavy (non-hydrogen) atoms. The maximum Gasteiger partial charge on any atom is 0.233 e. The van der Waals surface area contributed by atoms with Gasteiger partial charge in [-0.05, 0) is 25.1 Å². The average Bonchev–Trinajstić information content (AvgIpc) is 2.56. The van der Waals surface area contributed by atoms with Crippen molar-refractivity contribution >= 4 is 0 Å². The summed E-state index contributed by atoms with van der Waals surface area (Å²) in [4.78, 5) is 0. The van der Waals surface area contributed by atoms with Gasteiger partial charge in [0.2, 0.25) is 5.88 Å². The Morgan fingerprint density at radius 2 is 1.86 bits per heavy atom. The topological polar surface area (TPSA) is 56.3 Å². The van der Waals surface area contributed by atoms with Crippen molar-refractivity contribution in [3.05, 3.63) is 47.7 Å². The third-order valence-electron chi connectivity index (χ3n) is 3.21. The summed E-state index contributed by atoms with van der Waals surface area (Å²) < 4.78 is 10.5. The Morgan fingerprint density at radius 1 is 1.05 bits per heavy atom. The Balaban J connectivity index is 2.36. The largest absolute Gasteiger partial charge is 0.496 e. The van der Waals surface area contributed by atoms with E-state index in [1.54, 1.807) is 14.2 Å². The molecule has 0 aliphatic carbocycles. The van der Waals surface area contributed by atoms with E-state index >= 15 is 0 Å². The number of hydrogen-bond donors (Lipinski definition) is 1. The van der Waals surface area contributed by atoms with Gasteiger partial charge in [-0.3, -0.25) is 0 Å². The minimum Gasteiger partial charge on any atom is -0.496 e. The SMILES string of the molecule is CCCNC(c1ccc(OC)nn1)c1ccccc1OC. The van der Waals surface area contributed by atoms with Crippen molar-refractivity contribution in [2.24, 2.45) is 0 Å². The molecule has 1 heterocycles. The molecule has 2 aromatic rings. The number of methoxy groups -OCH3 is 2. The Labute approximate surface area is 125 Å². The molecule has 5 heteroatoms. The lowest BCUT2D eigenvalue weighted by molar-refractivity contribution is 0.388. The first-order chi connectivity index (χ1) is 10.3. The van der Waals surface area contributed by atoms with Crippen molar-refractivity contribution in [3.63, 3.8) is 0 Å². The molecular weight excluding hydrogens is 266 g/mol. The maximum absolute atomic E-state index is 5.46. The number of ether oxygens (including phenoxy) is 2. The summed E-state index contributed by atoms with van der Waals surface area (Å²) in [5.41, 5.74) is 1.89. The molecule has 1 N–H and O–H groups in total. The Morgan fingerprint density at radius 3 is 2.48 bits per heavy atom. The van der Waals surface area contributed by atoms with Gasteiger partial charge in [0.25, 0.3) is 0 Å². The van der Waals surface area contributed by atoms with Crippen molar-refractivity contribution in [1.82, 2.24) is 15.5 Å². The molecule has 1 atom stereocenters. The number of benzene rings is 1. The van der Waals surface area contributed by atoms with Crippen LogP contribution in [-0.4, -0.2) is 31.0 Å². The van der Waals surface area contributed by atoms with Crippen LogP contribution in [0.25, 0.3) is 0 Å². The summed E-state index contributed by atoms with van der Waals surface area (Å²) >= 11 is 0. The van der Waals surface area contributed by atoms with Crippen molar-refractivity contribution in [2.75, 3.05) is 20.8 Å². The van der Waals surface area contributed by atoms with Crippen LogP contribution >= 0.6 is 0 Å². The lowest BCUT2D eigenvalue weighted by Gasteiger charge is -2.20. The van der Waals surface area contributed by atoms with Gasteiger partial charge in [-0.1, -0.05) is 25.1 Å². The number of aromatic nitrogens is 2. The van der Waals surface area contributed by atoms with E-state index in [-0.39, 0.29) is 6.04 Å². The fourth-order valence-corrected chi connectivity index (χ4v) is 2.16. The zero-order valence-electron chi connectivity index (χ0n) is 12.7. The van der Waals surface area contributed by atoms with Gasteiger partial charge in [-0.2, -0.15) is 0 Å². The Hall–Kier alpha value is -2.14. The molecule has 0 spiro atoms. The predicted molar refractivity (Wildman–Crippen MR) is 81.7 cm³/mol. The second-order valence-electron chi connectivity index (χ2n) is 4.63. The fraction of sp³-hybridized carbons (Fsp3) is 0.375. The second kappa shape index (κ2) is 7.59. The summed E-state index contributed by atoms with van der Waals surface area (Å²) in [5, 5.41) is 11.8. The summed E-state index contributed by atoms with van der Waals surface area (Å²) in [6.07, 6.45) is 1.04. The van der Waals surface area contributed by atoms with Crippen molar-refractivity contribution in [2.45, 2.75) is 19.4 Å². The molecular formula is C16H21N3O2. The van der Waals surface area contributed by atoms with E-state index in [1.807, 2.05) is 36.4 Å². The van der Waals surface area contributed by atoms with E-state index < -0.39 is 0 Å². The highest BCUT2D eigenvalue weighted by Crippen LogP contribution is 2.29. The van der Waals surface area contributed by atoms with E-state index in [9.17, 15) is 0 Å². The predicted octanol–water partition coefficient (Wildman–Crippen LogP) is 2.58. The zero-order valence-corrected chi connectivity index (χ0v) is 12.7. The number of rotatable bonds is 7. The normalized spacial score (nSPS) is 12.0. The van der Waals surface area contributed by atoms with Crippen LogP contribution in [0.3, 0.4) is 0 Å². The van der Waals surface area contributed by atoms with E-state index in [1.165, 1.54) is 0 Å². The number of para-hydroxylation sites is 1. The lowest BCUT2D eigenvalue weighted by atomic mass is 10.0. The van der Waals surface area contributed by atoms with Crippen LogP contribution in [0.5, 0.6) is 11.6 Å². The summed E-state index contributed by atoms with van der Waals surface area (Å²) in [7, 11) is 3.26. The van der Waals surface area contributed by atoms with Gasteiger partial charge in [0.15, 0.2) is 0 Å². The first-order valence-corrected chi connectivity index (χ1v) is 7.04. The first kappa shape index (κ1) is 15.3. The first-order valence-electron chi connectivity index (χ1n) is 7.04. The molecule has 2 rings (SSSR count). The van der Waals surface area contributed by atoms with Gasteiger partial charge in [0, 0.05) is 11.6 Å². The van der Waals surface area contributed by atoms with Gasteiger partial charge in [-0.15, -0.1) is 10.2 Å². The summed E-state index contributed by atoms with van der Waals surface area (Å²) in [5.74, 6) is 1.34. The van der Waals surface area contributed by atoms with Crippen molar-refractivity contribution in [3.8, 4) is 11.6 Å². The van der Waals surface area contributed by atoms with Crippen LogP contribution in [0.2, 0.25) is 0 Å². The van der Waals surface area contributed by atoms with Crippen molar-refractivity contribution in [1.29, 1.82) is 0 Å².